The number of pyridine rings is 1. The molecule has 0 fully saturated rings. The molecule has 0 bridgehead atoms. The molecule has 4 rings (SSSR count). The number of aromatic nitrogens is 3. The van der Waals surface area contributed by atoms with Gasteiger partial charge in [-0.1, -0.05) is 42.5 Å². The molecule has 26 heavy (non-hydrogen) atoms. The number of benzene rings is 2. The molecule has 4 aromatic rings. The van der Waals surface area contributed by atoms with Gasteiger partial charge in [0.2, 0.25) is 0 Å². The van der Waals surface area contributed by atoms with Gasteiger partial charge in [0.25, 0.3) is 0 Å². The van der Waals surface area contributed by atoms with Gasteiger partial charge in [-0.2, -0.15) is 0 Å². The first-order valence-corrected chi connectivity index (χ1v) is 8.33. The fraction of sp³-hybridized carbons (Fsp3) is 0.0455. The van der Waals surface area contributed by atoms with Gasteiger partial charge in [0.15, 0.2) is 5.82 Å². The van der Waals surface area contributed by atoms with Crippen LogP contribution in [0, 0.1) is 0 Å². The topological polar surface area (TPSA) is 47.9 Å². The molecule has 0 atom stereocenters. The second-order valence-corrected chi connectivity index (χ2v) is 5.80. The van der Waals surface area contributed by atoms with E-state index in [0.29, 0.717) is 5.82 Å². The van der Waals surface area contributed by atoms with Crippen LogP contribution in [0.25, 0.3) is 33.9 Å². The zero-order valence-corrected chi connectivity index (χ0v) is 14.3. The lowest BCUT2D eigenvalue weighted by molar-refractivity contribution is 0.415. The number of hydrogen-bond donors (Lipinski definition) is 0. The zero-order chi connectivity index (χ0) is 17.8. The van der Waals surface area contributed by atoms with E-state index in [1.54, 1.807) is 13.3 Å². The van der Waals surface area contributed by atoms with Gasteiger partial charge >= 0.3 is 0 Å². The maximum Gasteiger partial charge on any atom is 0.160 e. The predicted octanol–water partition coefficient (Wildman–Crippen LogP) is 4.88. The molecule has 2 heterocycles. The summed E-state index contributed by atoms with van der Waals surface area (Å²) in [5, 5.41) is 0. The van der Waals surface area contributed by atoms with Crippen LogP contribution >= 0.6 is 0 Å². The van der Waals surface area contributed by atoms with Crippen molar-refractivity contribution < 1.29 is 4.74 Å². The number of ether oxygens (including phenoxy) is 1. The molecule has 0 unspecified atom stereocenters. The third kappa shape index (κ3) is 3.30. The Labute approximate surface area is 152 Å². The van der Waals surface area contributed by atoms with E-state index in [2.05, 4.69) is 4.98 Å². The molecule has 0 spiro atoms. The monoisotopic (exact) mass is 339 g/mol. The summed E-state index contributed by atoms with van der Waals surface area (Å²) >= 11 is 0. The van der Waals surface area contributed by atoms with Crippen LogP contribution in [0.2, 0.25) is 0 Å². The van der Waals surface area contributed by atoms with Gasteiger partial charge < -0.3 is 4.74 Å². The van der Waals surface area contributed by atoms with Crippen LogP contribution in [0.5, 0.6) is 5.75 Å². The molecule has 4 nitrogen and oxygen atoms in total. The van der Waals surface area contributed by atoms with E-state index in [9.17, 15) is 0 Å². The second kappa shape index (κ2) is 7.15. The number of nitrogens with zero attached hydrogens (tertiary/aromatic N) is 3. The molecule has 0 aliphatic rings. The van der Waals surface area contributed by atoms with Crippen LogP contribution in [0.15, 0.2) is 85.2 Å². The largest absolute Gasteiger partial charge is 0.497 e. The van der Waals surface area contributed by atoms with Gasteiger partial charge in [0, 0.05) is 29.1 Å². The molecule has 0 amide bonds. The van der Waals surface area contributed by atoms with Crippen molar-refractivity contribution in [1.82, 2.24) is 15.0 Å². The van der Waals surface area contributed by atoms with Crippen molar-refractivity contribution in [2.45, 2.75) is 0 Å². The predicted molar refractivity (Wildman–Crippen MR) is 103 cm³/mol. The fourth-order valence-corrected chi connectivity index (χ4v) is 2.76. The average molecular weight is 339 g/mol. The standard InChI is InChI=1S/C22H17N3O/c1-26-19-11-5-9-17(13-19)20-14-21(18-10-6-12-23-15-18)25-22(24-20)16-7-3-2-4-8-16/h2-15H,1H3. The van der Waals surface area contributed by atoms with Crippen LogP contribution < -0.4 is 4.74 Å². The van der Waals surface area contributed by atoms with Crippen molar-refractivity contribution in [3.63, 3.8) is 0 Å². The van der Waals surface area contributed by atoms with Gasteiger partial charge in [-0.05, 0) is 30.3 Å². The van der Waals surface area contributed by atoms with Gasteiger partial charge in [-0.3, -0.25) is 4.98 Å². The van der Waals surface area contributed by atoms with Crippen LogP contribution in [-0.4, -0.2) is 22.1 Å². The maximum absolute atomic E-state index is 5.35. The summed E-state index contributed by atoms with van der Waals surface area (Å²) in [6.07, 6.45) is 3.57. The van der Waals surface area contributed by atoms with E-state index in [0.717, 1.165) is 33.8 Å². The molecule has 0 aliphatic heterocycles. The second-order valence-electron chi connectivity index (χ2n) is 5.80. The third-order valence-electron chi connectivity index (χ3n) is 4.08. The van der Waals surface area contributed by atoms with Crippen molar-refractivity contribution in [2.75, 3.05) is 7.11 Å². The Hall–Kier alpha value is -3.53. The lowest BCUT2D eigenvalue weighted by Gasteiger charge is -2.10. The highest BCUT2D eigenvalue weighted by molar-refractivity contribution is 5.71. The highest BCUT2D eigenvalue weighted by Crippen LogP contribution is 2.28. The Morgan fingerprint density at radius 3 is 2.15 bits per heavy atom. The molecule has 0 saturated heterocycles. The van der Waals surface area contributed by atoms with E-state index in [-0.39, 0.29) is 0 Å². The van der Waals surface area contributed by atoms with Crippen LogP contribution in [0.4, 0.5) is 0 Å². The highest BCUT2D eigenvalue weighted by atomic mass is 16.5. The number of methoxy groups -OCH3 is 1. The molecule has 2 aromatic heterocycles. The summed E-state index contributed by atoms with van der Waals surface area (Å²) < 4.78 is 5.35. The summed E-state index contributed by atoms with van der Waals surface area (Å²) in [6, 6.07) is 23.8. The first-order chi connectivity index (χ1) is 12.8. The van der Waals surface area contributed by atoms with E-state index >= 15 is 0 Å². The van der Waals surface area contributed by atoms with Crippen molar-refractivity contribution in [1.29, 1.82) is 0 Å². The van der Waals surface area contributed by atoms with Crippen molar-refractivity contribution >= 4 is 0 Å². The minimum absolute atomic E-state index is 0.685. The lowest BCUT2D eigenvalue weighted by Crippen LogP contribution is -1.96. The Morgan fingerprint density at radius 2 is 1.42 bits per heavy atom. The lowest BCUT2D eigenvalue weighted by atomic mass is 10.1. The Morgan fingerprint density at radius 1 is 0.692 bits per heavy atom. The fourth-order valence-electron chi connectivity index (χ4n) is 2.76. The first-order valence-electron chi connectivity index (χ1n) is 8.33. The summed E-state index contributed by atoms with van der Waals surface area (Å²) in [5.41, 5.74) is 4.59. The maximum atomic E-state index is 5.35. The Kier molecular flexibility index (Phi) is 4.39. The van der Waals surface area contributed by atoms with Crippen molar-refractivity contribution in [3.8, 4) is 39.7 Å². The zero-order valence-electron chi connectivity index (χ0n) is 14.3. The number of rotatable bonds is 4. The molecule has 2 aromatic carbocycles. The molecule has 126 valence electrons. The average Bonchev–Trinajstić information content (AvgIpc) is 2.75. The third-order valence-corrected chi connectivity index (χ3v) is 4.08. The SMILES string of the molecule is COc1cccc(-c2cc(-c3cccnc3)nc(-c3ccccc3)n2)c1. The van der Waals surface area contributed by atoms with Gasteiger partial charge in [0.05, 0.1) is 18.5 Å². The van der Waals surface area contributed by atoms with Gasteiger partial charge in [0.1, 0.15) is 5.75 Å². The van der Waals surface area contributed by atoms with Crippen molar-refractivity contribution in [3.05, 3.63) is 85.2 Å². The van der Waals surface area contributed by atoms with E-state index in [1.807, 2.05) is 79.0 Å². The minimum Gasteiger partial charge on any atom is -0.497 e. The highest BCUT2D eigenvalue weighted by Gasteiger charge is 2.11. The van der Waals surface area contributed by atoms with Crippen LogP contribution in [0.3, 0.4) is 0 Å². The normalized spacial score (nSPS) is 10.5. The summed E-state index contributed by atoms with van der Waals surface area (Å²) in [6.45, 7) is 0. The van der Waals surface area contributed by atoms with Crippen molar-refractivity contribution in [2.24, 2.45) is 0 Å². The minimum atomic E-state index is 0.685. The molecular weight excluding hydrogens is 322 g/mol. The Bertz CT molecular complexity index is 960. The summed E-state index contributed by atoms with van der Waals surface area (Å²) in [5.74, 6) is 1.48. The molecule has 0 N–H and O–H groups in total. The smallest absolute Gasteiger partial charge is 0.160 e. The first kappa shape index (κ1) is 16.0. The van der Waals surface area contributed by atoms with E-state index < -0.39 is 0 Å². The summed E-state index contributed by atoms with van der Waals surface area (Å²) in [4.78, 5) is 13.8. The van der Waals surface area contributed by atoms with Crippen LogP contribution in [0.1, 0.15) is 0 Å². The summed E-state index contributed by atoms with van der Waals surface area (Å²) in [7, 11) is 1.66. The molecule has 0 saturated carbocycles. The molecule has 0 aliphatic carbocycles. The van der Waals surface area contributed by atoms with Crippen LogP contribution in [-0.2, 0) is 0 Å². The van der Waals surface area contributed by atoms with Gasteiger partial charge in [-0.25, -0.2) is 9.97 Å². The molecule has 0 radical (unpaired) electrons. The van der Waals surface area contributed by atoms with E-state index in [4.69, 9.17) is 14.7 Å². The number of hydrogen-bond acceptors (Lipinski definition) is 4. The van der Waals surface area contributed by atoms with E-state index in [1.165, 1.54) is 0 Å². The Balaban J connectivity index is 1.90. The molecule has 4 heteroatoms. The molecular formula is C22H17N3O. The van der Waals surface area contributed by atoms with Gasteiger partial charge in [-0.15, -0.1) is 0 Å². The quantitative estimate of drug-likeness (QED) is 0.531.